The highest BCUT2D eigenvalue weighted by Gasteiger charge is 2.50. The third-order valence-corrected chi connectivity index (χ3v) is 7.93. The number of fused-ring (bicyclic) bond motifs is 2. The van der Waals surface area contributed by atoms with Gasteiger partial charge in [0.25, 0.3) is 0 Å². The molecule has 1 aromatic rings. The average molecular weight is 419 g/mol. The molecule has 0 aliphatic heterocycles. The van der Waals surface area contributed by atoms with Gasteiger partial charge in [-0.25, -0.2) is 4.72 Å². The molecule has 2 fully saturated rings. The summed E-state index contributed by atoms with van der Waals surface area (Å²) in [4.78, 5) is 26.1. The highest BCUT2D eigenvalue weighted by Crippen LogP contribution is 2.51. The Hall–Kier alpha value is -1.53. The monoisotopic (exact) mass is 418 g/mol. The SMILES string of the molecule is CCC1CC2CC(CC(C)(C(=O)O)C2)C1NC(=O)C(C)(C)NSc1ccccc1. The van der Waals surface area contributed by atoms with Gasteiger partial charge in [-0.3, -0.25) is 9.59 Å². The fourth-order valence-electron chi connectivity index (χ4n) is 5.19. The third-order valence-electron chi connectivity index (χ3n) is 6.81. The van der Waals surface area contributed by atoms with Gasteiger partial charge in [0, 0.05) is 10.9 Å². The fraction of sp³-hybridized carbons (Fsp3) is 0.652. The van der Waals surface area contributed by atoms with Gasteiger partial charge in [0.15, 0.2) is 0 Å². The van der Waals surface area contributed by atoms with Crippen LogP contribution in [-0.4, -0.2) is 28.6 Å². The summed E-state index contributed by atoms with van der Waals surface area (Å²) >= 11 is 1.46. The Morgan fingerprint density at radius 3 is 2.52 bits per heavy atom. The molecule has 0 saturated heterocycles. The lowest BCUT2D eigenvalue weighted by atomic mass is 9.57. The molecule has 5 nitrogen and oxygen atoms in total. The summed E-state index contributed by atoms with van der Waals surface area (Å²) in [5.74, 6) is 0.375. The minimum absolute atomic E-state index is 0.0227. The van der Waals surface area contributed by atoms with Crippen LogP contribution in [0.25, 0.3) is 0 Å². The van der Waals surface area contributed by atoms with Crippen molar-refractivity contribution in [2.75, 3.05) is 0 Å². The molecule has 1 aromatic carbocycles. The van der Waals surface area contributed by atoms with Crippen LogP contribution >= 0.6 is 11.9 Å². The van der Waals surface area contributed by atoms with Crippen LogP contribution in [0.15, 0.2) is 35.2 Å². The van der Waals surface area contributed by atoms with Crippen molar-refractivity contribution in [3.8, 4) is 0 Å². The van der Waals surface area contributed by atoms with E-state index in [4.69, 9.17) is 0 Å². The summed E-state index contributed by atoms with van der Waals surface area (Å²) in [5, 5.41) is 13.1. The van der Waals surface area contributed by atoms with Gasteiger partial charge in [0.05, 0.1) is 5.41 Å². The Balaban J connectivity index is 1.69. The maximum atomic E-state index is 13.2. The summed E-state index contributed by atoms with van der Waals surface area (Å²) in [7, 11) is 0. The first kappa shape index (κ1) is 22.2. The standard InChI is InChI=1S/C23H34N2O3S/c1-5-16-11-15-12-17(14-23(4,13-15)21(27)28)19(16)24-20(26)22(2,3)25-29-18-9-7-6-8-10-18/h6-10,15-17,19,25H,5,11-14H2,1-4H3,(H,24,26)(H,27,28). The molecule has 3 rings (SSSR count). The molecular formula is C23H34N2O3S. The number of carboxylic acids is 1. The first-order valence-electron chi connectivity index (χ1n) is 10.7. The fourth-order valence-corrected chi connectivity index (χ4v) is 5.95. The van der Waals surface area contributed by atoms with Crippen LogP contribution in [0.5, 0.6) is 0 Å². The van der Waals surface area contributed by atoms with Gasteiger partial charge in [0.2, 0.25) is 5.91 Å². The molecule has 29 heavy (non-hydrogen) atoms. The van der Waals surface area contributed by atoms with Crippen molar-refractivity contribution in [3.63, 3.8) is 0 Å². The van der Waals surface area contributed by atoms with Gasteiger partial charge in [-0.2, -0.15) is 0 Å². The number of amides is 1. The number of carbonyl (C=O) groups is 2. The molecule has 2 saturated carbocycles. The summed E-state index contributed by atoms with van der Waals surface area (Å²) in [6.07, 6.45) is 4.45. The van der Waals surface area contributed by atoms with E-state index in [2.05, 4.69) is 17.0 Å². The van der Waals surface area contributed by atoms with Crippen LogP contribution in [0.2, 0.25) is 0 Å². The van der Waals surface area contributed by atoms with E-state index in [9.17, 15) is 14.7 Å². The Labute approximate surface area is 178 Å². The van der Waals surface area contributed by atoms with E-state index >= 15 is 0 Å². The minimum Gasteiger partial charge on any atom is -0.481 e. The molecule has 2 bridgehead atoms. The van der Waals surface area contributed by atoms with Crippen molar-refractivity contribution in [2.45, 2.75) is 76.3 Å². The number of carboxylic acid groups (broad SMARTS) is 1. The van der Waals surface area contributed by atoms with Crippen LogP contribution in [0, 0.1) is 23.2 Å². The second kappa shape index (κ2) is 8.68. The van der Waals surface area contributed by atoms with Gasteiger partial charge in [-0.15, -0.1) is 0 Å². The Morgan fingerprint density at radius 1 is 1.21 bits per heavy atom. The van der Waals surface area contributed by atoms with Gasteiger partial charge >= 0.3 is 5.97 Å². The maximum absolute atomic E-state index is 13.2. The molecule has 6 heteroatoms. The molecule has 1 amide bonds. The van der Waals surface area contributed by atoms with Gasteiger partial charge in [0.1, 0.15) is 5.54 Å². The number of hydrogen-bond acceptors (Lipinski definition) is 4. The van der Waals surface area contributed by atoms with E-state index < -0.39 is 16.9 Å². The lowest BCUT2D eigenvalue weighted by Gasteiger charge is -2.50. The molecule has 3 N–H and O–H groups in total. The van der Waals surface area contributed by atoms with Crippen molar-refractivity contribution in [1.82, 2.24) is 10.0 Å². The summed E-state index contributed by atoms with van der Waals surface area (Å²) in [5.41, 5.74) is -1.41. The number of aliphatic carboxylic acids is 1. The molecular weight excluding hydrogens is 384 g/mol. The molecule has 2 aliphatic rings. The second-order valence-electron chi connectivity index (χ2n) is 9.68. The average Bonchev–Trinajstić information content (AvgIpc) is 2.68. The van der Waals surface area contributed by atoms with Crippen LogP contribution in [-0.2, 0) is 9.59 Å². The van der Waals surface area contributed by atoms with Crippen LogP contribution in [0.1, 0.15) is 59.8 Å². The Kier molecular flexibility index (Phi) is 6.64. The predicted octanol–water partition coefficient (Wildman–Crippen LogP) is 4.48. The normalized spacial score (nSPS) is 31.9. The summed E-state index contributed by atoms with van der Waals surface area (Å²) in [6.45, 7) is 7.84. The first-order chi connectivity index (χ1) is 13.6. The zero-order chi connectivity index (χ0) is 21.2. The van der Waals surface area contributed by atoms with Crippen molar-refractivity contribution in [1.29, 1.82) is 0 Å². The van der Waals surface area contributed by atoms with Gasteiger partial charge < -0.3 is 10.4 Å². The smallest absolute Gasteiger partial charge is 0.309 e. The molecule has 0 heterocycles. The molecule has 2 aliphatic carbocycles. The summed E-state index contributed by atoms with van der Waals surface area (Å²) < 4.78 is 3.30. The molecule has 5 unspecified atom stereocenters. The maximum Gasteiger partial charge on any atom is 0.309 e. The largest absolute Gasteiger partial charge is 0.481 e. The van der Waals surface area contributed by atoms with Crippen molar-refractivity contribution >= 4 is 23.8 Å². The van der Waals surface area contributed by atoms with Crippen molar-refractivity contribution in [2.24, 2.45) is 23.2 Å². The Bertz CT molecular complexity index is 739. The third kappa shape index (κ3) is 4.97. The van der Waals surface area contributed by atoms with E-state index in [0.29, 0.717) is 18.3 Å². The molecule has 0 aromatic heterocycles. The van der Waals surface area contributed by atoms with Crippen LogP contribution < -0.4 is 10.0 Å². The van der Waals surface area contributed by atoms with Crippen molar-refractivity contribution in [3.05, 3.63) is 30.3 Å². The topological polar surface area (TPSA) is 78.4 Å². The zero-order valence-corrected chi connectivity index (χ0v) is 18.7. The predicted molar refractivity (Wildman–Crippen MR) is 116 cm³/mol. The number of hydrogen-bond donors (Lipinski definition) is 3. The van der Waals surface area contributed by atoms with E-state index in [0.717, 1.165) is 30.6 Å². The highest BCUT2D eigenvalue weighted by molar-refractivity contribution is 7.97. The van der Waals surface area contributed by atoms with E-state index in [1.54, 1.807) is 0 Å². The summed E-state index contributed by atoms with van der Waals surface area (Å²) in [6, 6.07) is 9.99. The van der Waals surface area contributed by atoms with Crippen LogP contribution in [0.3, 0.4) is 0 Å². The lowest BCUT2D eigenvalue weighted by molar-refractivity contribution is -0.154. The van der Waals surface area contributed by atoms with E-state index in [1.165, 1.54) is 11.9 Å². The quantitative estimate of drug-likeness (QED) is 0.569. The number of nitrogens with one attached hydrogen (secondary N) is 2. The van der Waals surface area contributed by atoms with E-state index in [-0.39, 0.29) is 17.9 Å². The number of rotatable bonds is 7. The van der Waals surface area contributed by atoms with Crippen LogP contribution in [0.4, 0.5) is 0 Å². The molecule has 160 valence electrons. The Morgan fingerprint density at radius 2 is 1.90 bits per heavy atom. The first-order valence-corrected chi connectivity index (χ1v) is 11.5. The highest BCUT2D eigenvalue weighted by atomic mass is 32.2. The minimum atomic E-state index is -0.736. The molecule has 5 atom stereocenters. The van der Waals surface area contributed by atoms with Gasteiger partial charge in [-0.1, -0.05) is 31.5 Å². The second-order valence-corrected chi connectivity index (χ2v) is 10.6. The molecule has 0 radical (unpaired) electrons. The lowest BCUT2D eigenvalue weighted by Crippen LogP contribution is -2.59. The molecule has 0 spiro atoms. The number of benzene rings is 1. The van der Waals surface area contributed by atoms with Gasteiger partial charge in [-0.05, 0) is 88.3 Å². The number of carbonyl (C=O) groups excluding carboxylic acids is 1. The van der Waals surface area contributed by atoms with E-state index in [1.807, 2.05) is 51.1 Å². The zero-order valence-electron chi connectivity index (χ0n) is 17.9. The van der Waals surface area contributed by atoms with Crippen molar-refractivity contribution < 1.29 is 14.7 Å².